The molecular weight excluding hydrogens is 234 g/mol. The summed E-state index contributed by atoms with van der Waals surface area (Å²) in [5.74, 6) is 1.11. The predicted molar refractivity (Wildman–Crippen MR) is 63.8 cm³/mol. The number of hydrogen-bond donors (Lipinski definition) is 1. The standard InChI is InChI=1S/C12H19N3O3/c1-3-6-12(17)7-15(8-12)11(16)5-4-10-13-9(2)14-18-10/h17H,3-8H2,1-2H3. The van der Waals surface area contributed by atoms with Crippen molar-refractivity contribution in [3.05, 3.63) is 11.7 Å². The number of β-amino-alcohol motifs (C(OH)–C–C–N with tert-alkyl or cyclic N) is 1. The molecule has 18 heavy (non-hydrogen) atoms. The quantitative estimate of drug-likeness (QED) is 0.835. The van der Waals surface area contributed by atoms with Crippen molar-refractivity contribution < 1.29 is 14.4 Å². The van der Waals surface area contributed by atoms with Crippen molar-refractivity contribution >= 4 is 5.91 Å². The highest BCUT2D eigenvalue weighted by Gasteiger charge is 2.42. The molecular formula is C12H19N3O3. The molecule has 1 N–H and O–H groups in total. The van der Waals surface area contributed by atoms with E-state index in [4.69, 9.17) is 4.52 Å². The maximum Gasteiger partial charge on any atom is 0.227 e. The SMILES string of the molecule is CCCC1(O)CN(C(=O)CCc2nc(C)no2)C1. The van der Waals surface area contributed by atoms with Crippen LogP contribution in [0.4, 0.5) is 0 Å². The van der Waals surface area contributed by atoms with E-state index in [1.165, 1.54) is 0 Å². The summed E-state index contributed by atoms with van der Waals surface area (Å²) in [6.07, 6.45) is 2.49. The van der Waals surface area contributed by atoms with E-state index in [2.05, 4.69) is 10.1 Å². The van der Waals surface area contributed by atoms with Crippen LogP contribution in [0.3, 0.4) is 0 Å². The van der Waals surface area contributed by atoms with Crippen LogP contribution in [-0.4, -0.2) is 44.7 Å². The lowest BCUT2D eigenvalue weighted by molar-refractivity contribution is -0.156. The minimum atomic E-state index is -0.661. The van der Waals surface area contributed by atoms with Crippen molar-refractivity contribution in [1.82, 2.24) is 15.0 Å². The van der Waals surface area contributed by atoms with E-state index >= 15 is 0 Å². The maximum absolute atomic E-state index is 11.8. The summed E-state index contributed by atoms with van der Waals surface area (Å²) in [6, 6.07) is 0. The molecule has 0 bridgehead atoms. The molecule has 1 fully saturated rings. The zero-order valence-corrected chi connectivity index (χ0v) is 10.8. The molecule has 1 saturated heterocycles. The Hall–Kier alpha value is -1.43. The number of likely N-dealkylation sites (tertiary alicyclic amines) is 1. The van der Waals surface area contributed by atoms with Gasteiger partial charge in [-0.15, -0.1) is 0 Å². The number of aromatic nitrogens is 2. The topological polar surface area (TPSA) is 79.5 Å². The Balaban J connectivity index is 1.74. The first kappa shape index (κ1) is 13.0. The average molecular weight is 253 g/mol. The van der Waals surface area contributed by atoms with Gasteiger partial charge in [-0.2, -0.15) is 4.98 Å². The molecule has 0 aliphatic carbocycles. The van der Waals surface area contributed by atoms with Gasteiger partial charge in [0.05, 0.1) is 18.7 Å². The third-order valence-electron chi connectivity index (χ3n) is 3.16. The number of amides is 1. The van der Waals surface area contributed by atoms with Gasteiger partial charge in [0.1, 0.15) is 0 Å². The fourth-order valence-electron chi connectivity index (χ4n) is 2.28. The Morgan fingerprint density at radius 1 is 1.56 bits per heavy atom. The Morgan fingerprint density at radius 2 is 2.28 bits per heavy atom. The summed E-state index contributed by atoms with van der Waals surface area (Å²) < 4.78 is 4.94. The van der Waals surface area contributed by atoms with E-state index in [0.717, 1.165) is 12.8 Å². The zero-order chi connectivity index (χ0) is 13.2. The molecule has 0 saturated carbocycles. The Bertz CT molecular complexity index is 424. The molecule has 2 rings (SSSR count). The van der Waals surface area contributed by atoms with E-state index < -0.39 is 5.60 Å². The summed E-state index contributed by atoms with van der Waals surface area (Å²) in [6.45, 7) is 4.67. The summed E-state index contributed by atoms with van der Waals surface area (Å²) >= 11 is 0. The van der Waals surface area contributed by atoms with Crippen molar-refractivity contribution in [1.29, 1.82) is 0 Å². The molecule has 2 heterocycles. The largest absolute Gasteiger partial charge is 0.386 e. The van der Waals surface area contributed by atoms with Crippen molar-refractivity contribution in [2.45, 2.75) is 45.1 Å². The predicted octanol–water partition coefficient (Wildman–Crippen LogP) is 0.684. The van der Waals surface area contributed by atoms with E-state index in [-0.39, 0.29) is 5.91 Å². The van der Waals surface area contributed by atoms with Crippen LogP contribution >= 0.6 is 0 Å². The van der Waals surface area contributed by atoms with Gasteiger partial charge in [-0.1, -0.05) is 18.5 Å². The highest BCUT2D eigenvalue weighted by Crippen LogP contribution is 2.26. The number of nitrogens with zero attached hydrogens (tertiary/aromatic N) is 3. The third-order valence-corrected chi connectivity index (χ3v) is 3.16. The van der Waals surface area contributed by atoms with Gasteiger partial charge in [0.15, 0.2) is 5.82 Å². The lowest BCUT2D eigenvalue weighted by atomic mass is 9.89. The molecule has 1 aliphatic heterocycles. The van der Waals surface area contributed by atoms with Gasteiger partial charge in [-0.3, -0.25) is 4.79 Å². The van der Waals surface area contributed by atoms with E-state index in [9.17, 15) is 9.90 Å². The molecule has 1 aromatic heterocycles. The first-order valence-electron chi connectivity index (χ1n) is 6.32. The minimum Gasteiger partial charge on any atom is -0.386 e. The fraction of sp³-hybridized carbons (Fsp3) is 0.750. The van der Waals surface area contributed by atoms with Crippen LogP contribution in [-0.2, 0) is 11.2 Å². The lowest BCUT2D eigenvalue weighted by Gasteiger charge is -2.46. The van der Waals surface area contributed by atoms with Crippen molar-refractivity contribution in [3.63, 3.8) is 0 Å². The van der Waals surface area contributed by atoms with Gasteiger partial charge in [0, 0.05) is 12.8 Å². The number of rotatable bonds is 5. The molecule has 100 valence electrons. The molecule has 0 aromatic carbocycles. The second-order valence-electron chi connectivity index (χ2n) is 4.96. The van der Waals surface area contributed by atoms with Crippen LogP contribution in [0.15, 0.2) is 4.52 Å². The van der Waals surface area contributed by atoms with Gasteiger partial charge in [0.25, 0.3) is 0 Å². The lowest BCUT2D eigenvalue weighted by Crippen LogP contribution is -2.63. The average Bonchev–Trinajstić information content (AvgIpc) is 2.69. The molecule has 6 heteroatoms. The van der Waals surface area contributed by atoms with Gasteiger partial charge in [-0.25, -0.2) is 0 Å². The Kier molecular flexibility index (Phi) is 3.65. The zero-order valence-electron chi connectivity index (χ0n) is 10.8. The molecule has 6 nitrogen and oxygen atoms in total. The van der Waals surface area contributed by atoms with Crippen molar-refractivity contribution in [2.75, 3.05) is 13.1 Å². The highest BCUT2D eigenvalue weighted by atomic mass is 16.5. The first-order chi connectivity index (χ1) is 8.52. The molecule has 0 spiro atoms. The molecule has 0 radical (unpaired) electrons. The number of aryl methyl sites for hydroxylation is 2. The van der Waals surface area contributed by atoms with E-state index in [1.54, 1.807) is 11.8 Å². The van der Waals surface area contributed by atoms with Crippen LogP contribution in [0.2, 0.25) is 0 Å². The summed E-state index contributed by atoms with van der Waals surface area (Å²) in [4.78, 5) is 17.5. The summed E-state index contributed by atoms with van der Waals surface area (Å²) in [7, 11) is 0. The number of hydrogen-bond acceptors (Lipinski definition) is 5. The molecule has 1 aromatic rings. The van der Waals surface area contributed by atoms with Crippen molar-refractivity contribution in [2.24, 2.45) is 0 Å². The van der Waals surface area contributed by atoms with Gasteiger partial charge >= 0.3 is 0 Å². The highest BCUT2D eigenvalue weighted by molar-refractivity contribution is 5.77. The Labute approximate surface area is 106 Å². The van der Waals surface area contributed by atoms with Crippen LogP contribution in [0.5, 0.6) is 0 Å². The first-order valence-corrected chi connectivity index (χ1v) is 6.32. The van der Waals surface area contributed by atoms with Gasteiger partial charge < -0.3 is 14.5 Å². The monoisotopic (exact) mass is 253 g/mol. The number of carbonyl (C=O) groups is 1. The second kappa shape index (κ2) is 5.06. The number of carbonyl (C=O) groups excluding carboxylic acids is 1. The second-order valence-corrected chi connectivity index (χ2v) is 4.96. The molecule has 0 atom stereocenters. The Morgan fingerprint density at radius 3 is 2.83 bits per heavy atom. The van der Waals surface area contributed by atoms with Gasteiger partial charge in [-0.05, 0) is 13.3 Å². The third kappa shape index (κ3) is 2.87. The normalized spacial score (nSPS) is 17.6. The fourth-order valence-corrected chi connectivity index (χ4v) is 2.28. The smallest absolute Gasteiger partial charge is 0.227 e. The van der Waals surface area contributed by atoms with Crippen molar-refractivity contribution in [3.8, 4) is 0 Å². The number of aliphatic hydroxyl groups is 1. The van der Waals surface area contributed by atoms with Crippen LogP contribution in [0, 0.1) is 6.92 Å². The maximum atomic E-state index is 11.8. The van der Waals surface area contributed by atoms with E-state index in [1.807, 2.05) is 6.92 Å². The molecule has 0 unspecified atom stereocenters. The summed E-state index contributed by atoms with van der Waals surface area (Å²) in [5.41, 5.74) is -0.661. The van der Waals surface area contributed by atoms with Crippen LogP contribution < -0.4 is 0 Å². The minimum absolute atomic E-state index is 0.0339. The van der Waals surface area contributed by atoms with Gasteiger partial charge in [0.2, 0.25) is 11.8 Å². The van der Waals surface area contributed by atoms with Crippen LogP contribution in [0.25, 0.3) is 0 Å². The van der Waals surface area contributed by atoms with Crippen LogP contribution in [0.1, 0.15) is 37.9 Å². The molecule has 1 amide bonds. The van der Waals surface area contributed by atoms with E-state index in [0.29, 0.717) is 37.6 Å². The summed E-state index contributed by atoms with van der Waals surface area (Å²) in [5, 5.41) is 13.7. The molecule has 1 aliphatic rings.